The number of nitrogens with zero attached hydrogens (tertiary/aromatic N) is 2. The second-order valence-electron chi connectivity index (χ2n) is 4.18. The van der Waals surface area contributed by atoms with Crippen molar-refractivity contribution < 1.29 is 18.9 Å². The van der Waals surface area contributed by atoms with E-state index in [-0.39, 0.29) is 0 Å². The lowest BCUT2D eigenvalue weighted by Crippen LogP contribution is -2.03. The summed E-state index contributed by atoms with van der Waals surface area (Å²) in [5, 5.41) is 0. The van der Waals surface area contributed by atoms with Gasteiger partial charge in [-0.15, -0.1) is 0 Å². The summed E-state index contributed by atoms with van der Waals surface area (Å²) in [6.45, 7) is 0. The molecule has 1 aromatic heterocycles. The number of hydrogen-bond acceptors (Lipinski definition) is 6. The fourth-order valence-corrected chi connectivity index (χ4v) is 2.13. The molecule has 6 nitrogen and oxygen atoms in total. The van der Waals surface area contributed by atoms with Crippen molar-refractivity contribution in [3.05, 3.63) is 35.9 Å². The van der Waals surface area contributed by atoms with E-state index in [9.17, 15) is 0 Å². The Morgan fingerprint density at radius 1 is 0.810 bits per heavy atom. The highest BCUT2D eigenvalue weighted by atomic mass is 16.5. The van der Waals surface area contributed by atoms with Gasteiger partial charge in [-0.2, -0.15) is 0 Å². The Morgan fingerprint density at radius 2 is 1.43 bits per heavy atom. The van der Waals surface area contributed by atoms with Gasteiger partial charge >= 0.3 is 0 Å². The Bertz CT molecular complexity index is 602. The summed E-state index contributed by atoms with van der Waals surface area (Å²) in [6.07, 6.45) is 3.90. The smallest absolute Gasteiger partial charge is 0.207 e. The molecule has 0 saturated heterocycles. The molecule has 21 heavy (non-hydrogen) atoms. The topological polar surface area (TPSA) is 62.7 Å². The predicted molar refractivity (Wildman–Crippen MR) is 77.5 cm³/mol. The van der Waals surface area contributed by atoms with E-state index in [1.54, 1.807) is 46.9 Å². The molecule has 112 valence electrons. The van der Waals surface area contributed by atoms with Crippen LogP contribution in [0.25, 0.3) is 0 Å². The number of aromatic nitrogens is 2. The molecule has 6 heteroatoms. The predicted octanol–water partition coefficient (Wildman–Crippen LogP) is 2.10. The molecule has 0 aliphatic heterocycles. The van der Waals surface area contributed by atoms with Gasteiger partial charge in [0.2, 0.25) is 11.5 Å². The SMILES string of the molecule is COc1cc(Cc2ncccn2)c(OC)c(OC)c1OC. The Morgan fingerprint density at radius 3 is 1.95 bits per heavy atom. The van der Waals surface area contributed by atoms with Crippen LogP contribution in [-0.4, -0.2) is 38.4 Å². The molecule has 2 rings (SSSR count). The minimum Gasteiger partial charge on any atom is -0.493 e. The van der Waals surface area contributed by atoms with E-state index in [2.05, 4.69) is 9.97 Å². The van der Waals surface area contributed by atoms with Crippen LogP contribution in [0, 0.1) is 0 Å². The molecule has 0 aliphatic carbocycles. The van der Waals surface area contributed by atoms with Gasteiger partial charge in [-0.3, -0.25) is 0 Å². The molecule has 0 spiro atoms. The van der Waals surface area contributed by atoms with Gasteiger partial charge in [-0.05, 0) is 12.1 Å². The monoisotopic (exact) mass is 290 g/mol. The molecular formula is C15H18N2O4. The molecule has 0 aliphatic rings. The van der Waals surface area contributed by atoms with Gasteiger partial charge in [0.05, 0.1) is 28.4 Å². The maximum absolute atomic E-state index is 5.47. The summed E-state index contributed by atoms with van der Waals surface area (Å²) in [4.78, 5) is 8.45. The van der Waals surface area contributed by atoms with Crippen molar-refractivity contribution >= 4 is 0 Å². The minimum atomic E-state index is 0.491. The first-order valence-electron chi connectivity index (χ1n) is 6.36. The van der Waals surface area contributed by atoms with Crippen LogP contribution < -0.4 is 18.9 Å². The van der Waals surface area contributed by atoms with E-state index in [1.165, 1.54) is 0 Å². The van der Waals surface area contributed by atoms with Gasteiger partial charge in [-0.25, -0.2) is 9.97 Å². The molecule has 0 fully saturated rings. The Labute approximate surface area is 123 Å². The van der Waals surface area contributed by atoms with Crippen LogP contribution in [0.4, 0.5) is 0 Å². The van der Waals surface area contributed by atoms with Gasteiger partial charge in [0.25, 0.3) is 0 Å². The minimum absolute atomic E-state index is 0.491. The number of ether oxygens (including phenoxy) is 4. The van der Waals surface area contributed by atoms with Crippen molar-refractivity contribution in [1.29, 1.82) is 0 Å². The molecule has 0 unspecified atom stereocenters. The number of methoxy groups -OCH3 is 4. The molecule has 0 bridgehead atoms. The lowest BCUT2D eigenvalue weighted by atomic mass is 10.1. The Kier molecular flexibility index (Phi) is 4.81. The van der Waals surface area contributed by atoms with E-state index in [0.717, 1.165) is 5.56 Å². The molecule has 0 radical (unpaired) electrons. The molecule has 1 aromatic carbocycles. The van der Waals surface area contributed by atoms with Crippen LogP contribution in [0.2, 0.25) is 0 Å². The molecule has 2 aromatic rings. The van der Waals surface area contributed by atoms with Crippen molar-refractivity contribution in [3.8, 4) is 23.0 Å². The Balaban J connectivity index is 2.54. The van der Waals surface area contributed by atoms with Gasteiger partial charge < -0.3 is 18.9 Å². The average Bonchev–Trinajstić information content (AvgIpc) is 2.54. The van der Waals surface area contributed by atoms with Gasteiger partial charge in [0.15, 0.2) is 11.5 Å². The largest absolute Gasteiger partial charge is 0.493 e. The summed E-state index contributed by atoms with van der Waals surface area (Å²) < 4.78 is 21.6. The van der Waals surface area contributed by atoms with Gasteiger partial charge in [-0.1, -0.05) is 0 Å². The van der Waals surface area contributed by atoms with Gasteiger partial charge in [0, 0.05) is 24.4 Å². The first-order chi connectivity index (χ1) is 10.2. The molecule has 0 saturated carbocycles. The molecular weight excluding hydrogens is 272 g/mol. The molecule has 0 atom stereocenters. The fraction of sp³-hybridized carbons (Fsp3) is 0.333. The van der Waals surface area contributed by atoms with Crippen LogP contribution in [-0.2, 0) is 6.42 Å². The van der Waals surface area contributed by atoms with E-state index in [0.29, 0.717) is 35.2 Å². The molecule has 1 heterocycles. The lowest BCUT2D eigenvalue weighted by Gasteiger charge is -2.18. The summed E-state index contributed by atoms with van der Waals surface area (Å²) >= 11 is 0. The maximum atomic E-state index is 5.47. The zero-order chi connectivity index (χ0) is 15.2. The third kappa shape index (κ3) is 2.99. The number of hydrogen-bond donors (Lipinski definition) is 0. The third-order valence-electron chi connectivity index (χ3n) is 3.03. The number of rotatable bonds is 6. The van der Waals surface area contributed by atoms with Gasteiger partial charge in [0.1, 0.15) is 5.82 Å². The lowest BCUT2D eigenvalue weighted by molar-refractivity contribution is 0.304. The number of benzene rings is 1. The zero-order valence-corrected chi connectivity index (χ0v) is 12.5. The van der Waals surface area contributed by atoms with Crippen molar-refractivity contribution in [2.75, 3.05) is 28.4 Å². The van der Waals surface area contributed by atoms with Crippen LogP contribution >= 0.6 is 0 Å². The van der Waals surface area contributed by atoms with E-state index < -0.39 is 0 Å². The second kappa shape index (κ2) is 6.78. The highest BCUT2D eigenvalue weighted by molar-refractivity contribution is 5.63. The van der Waals surface area contributed by atoms with E-state index in [4.69, 9.17) is 18.9 Å². The molecule has 0 amide bonds. The van der Waals surface area contributed by atoms with E-state index >= 15 is 0 Å². The fourth-order valence-electron chi connectivity index (χ4n) is 2.13. The highest BCUT2D eigenvalue weighted by Crippen LogP contribution is 2.46. The Hall–Kier alpha value is -2.50. The van der Waals surface area contributed by atoms with Crippen molar-refractivity contribution in [2.24, 2.45) is 0 Å². The summed E-state index contributed by atoms with van der Waals surface area (Å²) in [7, 11) is 6.27. The van der Waals surface area contributed by atoms with Crippen molar-refractivity contribution in [1.82, 2.24) is 9.97 Å². The normalized spacial score (nSPS) is 10.1. The van der Waals surface area contributed by atoms with Crippen LogP contribution in [0.1, 0.15) is 11.4 Å². The molecule has 0 N–H and O–H groups in total. The maximum Gasteiger partial charge on any atom is 0.207 e. The summed E-state index contributed by atoms with van der Waals surface area (Å²) in [5.74, 6) is 2.83. The second-order valence-corrected chi connectivity index (χ2v) is 4.18. The quantitative estimate of drug-likeness (QED) is 0.812. The van der Waals surface area contributed by atoms with Crippen LogP contribution in [0.5, 0.6) is 23.0 Å². The van der Waals surface area contributed by atoms with Crippen molar-refractivity contribution in [3.63, 3.8) is 0 Å². The summed E-state index contributed by atoms with van der Waals surface area (Å²) in [6, 6.07) is 3.62. The average molecular weight is 290 g/mol. The zero-order valence-electron chi connectivity index (χ0n) is 12.5. The highest BCUT2D eigenvalue weighted by Gasteiger charge is 2.21. The van der Waals surface area contributed by atoms with Crippen LogP contribution in [0.15, 0.2) is 24.5 Å². The third-order valence-corrected chi connectivity index (χ3v) is 3.03. The van der Waals surface area contributed by atoms with Crippen molar-refractivity contribution in [2.45, 2.75) is 6.42 Å². The first kappa shape index (κ1) is 14.9. The standard InChI is InChI=1S/C15H18N2O4/c1-18-11-8-10(9-12-16-6-5-7-17-12)13(19-2)15(21-4)14(11)20-3/h5-8H,9H2,1-4H3. The van der Waals surface area contributed by atoms with Crippen LogP contribution in [0.3, 0.4) is 0 Å². The first-order valence-corrected chi connectivity index (χ1v) is 6.36. The summed E-state index contributed by atoms with van der Waals surface area (Å²) in [5.41, 5.74) is 0.859. The van der Waals surface area contributed by atoms with E-state index in [1.807, 2.05) is 6.07 Å².